The van der Waals surface area contributed by atoms with Crippen molar-refractivity contribution in [1.82, 2.24) is 10.2 Å². The molecule has 149 valence electrons. The molecule has 0 aromatic rings. The quantitative estimate of drug-likeness (QED) is 0.738. The molecule has 0 spiro atoms. The van der Waals surface area contributed by atoms with Gasteiger partial charge in [-0.05, 0) is 31.8 Å². The van der Waals surface area contributed by atoms with E-state index in [1.807, 2.05) is 24.4 Å². The van der Waals surface area contributed by atoms with Crippen molar-refractivity contribution in [3.05, 3.63) is 30.7 Å². The molecule has 0 amide bonds. The van der Waals surface area contributed by atoms with Gasteiger partial charge < -0.3 is 10.0 Å². The van der Waals surface area contributed by atoms with Gasteiger partial charge in [0.2, 0.25) is 6.19 Å². The molecule has 1 saturated carbocycles. The van der Waals surface area contributed by atoms with Crippen LogP contribution in [-0.2, 0) is 0 Å². The Morgan fingerprint density at radius 2 is 2.04 bits per heavy atom. The first-order valence-electron chi connectivity index (χ1n) is 10.7. The molecule has 2 heterocycles. The van der Waals surface area contributed by atoms with Crippen molar-refractivity contribution in [2.45, 2.75) is 69.6 Å². The Hall–Kier alpha value is -1.97. The van der Waals surface area contributed by atoms with E-state index in [0.29, 0.717) is 11.9 Å². The average Bonchev–Trinajstić information content (AvgIpc) is 3.13. The summed E-state index contributed by atoms with van der Waals surface area (Å²) in [6, 6.07) is 0.454. The van der Waals surface area contributed by atoms with Crippen molar-refractivity contribution < 1.29 is 5.11 Å². The largest absolute Gasteiger partial charge is 0.395 e. The Balaban J connectivity index is 1.65. The molecule has 6 heteroatoms. The van der Waals surface area contributed by atoms with E-state index in [9.17, 15) is 10.4 Å². The molecule has 1 radical (unpaired) electrons. The zero-order chi connectivity index (χ0) is 19.4. The number of nitrogens with one attached hydrogen (secondary N) is 1. The fourth-order valence-corrected chi connectivity index (χ4v) is 5.12. The van der Waals surface area contributed by atoms with Gasteiger partial charge in [-0.3, -0.25) is 10.3 Å². The number of nitrogens with zero attached hydrogens (tertiary/aromatic N) is 4. The third kappa shape index (κ3) is 3.54. The van der Waals surface area contributed by atoms with Gasteiger partial charge in [-0.25, -0.2) is 0 Å². The molecule has 0 aromatic heterocycles. The van der Waals surface area contributed by atoms with Gasteiger partial charge >= 0.3 is 0 Å². The number of hydrogen-bond acceptors (Lipinski definition) is 5. The second-order valence-electron chi connectivity index (χ2n) is 8.26. The lowest BCUT2D eigenvalue weighted by molar-refractivity contribution is 0.126. The van der Waals surface area contributed by atoms with Crippen molar-refractivity contribution >= 4 is 11.5 Å². The van der Waals surface area contributed by atoms with Crippen LogP contribution >= 0.6 is 0 Å². The number of piperidine rings is 1. The normalized spacial score (nSPS) is 35.2. The number of nitriles is 1. The number of amidine groups is 1. The summed E-state index contributed by atoms with van der Waals surface area (Å²) in [5.41, 5.74) is 0.218. The molecular formula is C22H30N5O. The highest BCUT2D eigenvalue weighted by molar-refractivity contribution is 6.04. The van der Waals surface area contributed by atoms with Crippen molar-refractivity contribution in [3.8, 4) is 6.19 Å². The Morgan fingerprint density at radius 1 is 1.25 bits per heavy atom. The van der Waals surface area contributed by atoms with E-state index in [0.717, 1.165) is 31.5 Å². The topological polar surface area (TPSA) is 84.0 Å². The van der Waals surface area contributed by atoms with Crippen LogP contribution in [-0.4, -0.2) is 53.0 Å². The Bertz CT molecular complexity index is 726. The predicted molar refractivity (Wildman–Crippen MR) is 111 cm³/mol. The lowest BCUT2D eigenvalue weighted by Crippen LogP contribution is -2.61. The highest BCUT2D eigenvalue weighted by atomic mass is 16.3. The summed E-state index contributed by atoms with van der Waals surface area (Å²) in [6.07, 6.45) is 21.4. The maximum absolute atomic E-state index is 10.6. The van der Waals surface area contributed by atoms with Crippen molar-refractivity contribution in [1.29, 1.82) is 5.26 Å². The number of rotatable bonds is 3. The molecule has 0 bridgehead atoms. The molecule has 2 aliphatic heterocycles. The van der Waals surface area contributed by atoms with E-state index in [4.69, 9.17) is 4.99 Å². The summed E-state index contributed by atoms with van der Waals surface area (Å²) >= 11 is 0. The van der Waals surface area contributed by atoms with E-state index in [1.54, 1.807) is 0 Å². The summed E-state index contributed by atoms with van der Waals surface area (Å²) in [7, 11) is 0. The number of fused-ring (bicyclic) bond motifs is 1. The third-order valence-corrected chi connectivity index (χ3v) is 6.60. The minimum atomic E-state index is -0.762. The molecule has 2 fully saturated rings. The second kappa shape index (κ2) is 8.59. The first kappa shape index (κ1) is 19.4. The zero-order valence-electron chi connectivity index (χ0n) is 16.4. The van der Waals surface area contributed by atoms with E-state index in [-0.39, 0.29) is 18.8 Å². The minimum Gasteiger partial charge on any atom is -0.395 e. The maximum Gasteiger partial charge on any atom is 0.207 e. The zero-order valence-corrected chi connectivity index (χ0v) is 16.4. The molecule has 3 atom stereocenters. The van der Waals surface area contributed by atoms with Crippen LogP contribution < -0.4 is 5.32 Å². The van der Waals surface area contributed by atoms with Crippen LogP contribution in [0.4, 0.5) is 0 Å². The van der Waals surface area contributed by atoms with Gasteiger partial charge in [-0.1, -0.05) is 50.3 Å². The van der Waals surface area contributed by atoms with Crippen LogP contribution in [0.1, 0.15) is 51.4 Å². The molecule has 2 aliphatic carbocycles. The molecule has 6 nitrogen and oxygen atoms in total. The van der Waals surface area contributed by atoms with E-state index >= 15 is 0 Å². The fraction of sp³-hybridized carbons (Fsp3) is 0.636. The van der Waals surface area contributed by atoms with Crippen LogP contribution in [0.2, 0.25) is 0 Å². The standard InChI is InChI=1S/C22H30N5O/c23-16-24-21-22(15-28,20-25-18-11-6-7-12-19(18)26-20)13-8-14-27(21)17-9-4-2-1-3-5-10-17/h6-7,11-13,17-18,20,25,28H,1-5,8-10,14-15H2. The molecule has 3 unspecified atom stereocenters. The molecule has 0 aromatic carbocycles. The molecule has 4 rings (SSSR count). The lowest BCUT2D eigenvalue weighted by Gasteiger charge is -2.48. The highest BCUT2D eigenvalue weighted by Crippen LogP contribution is 2.39. The van der Waals surface area contributed by atoms with E-state index in [2.05, 4.69) is 27.7 Å². The number of aliphatic hydroxyl groups excluding tert-OH is 1. The van der Waals surface area contributed by atoms with Crippen molar-refractivity contribution in [2.24, 2.45) is 15.4 Å². The molecule has 1 saturated heterocycles. The van der Waals surface area contributed by atoms with Crippen molar-refractivity contribution in [2.75, 3.05) is 13.2 Å². The molecule has 2 N–H and O–H groups in total. The van der Waals surface area contributed by atoms with Gasteiger partial charge in [0.15, 0.2) is 0 Å². The summed E-state index contributed by atoms with van der Waals surface area (Å²) in [4.78, 5) is 11.5. The van der Waals surface area contributed by atoms with E-state index < -0.39 is 5.41 Å². The average molecular weight is 381 g/mol. The number of likely N-dealkylation sites (tertiary alicyclic amines) is 1. The summed E-state index contributed by atoms with van der Waals surface area (Å²) in [6.45, 7) is 0.755. The van der Waals surface area contributed by atoms with Gasteiger partial charge in [-0.15, -0.1) is 0 Å². The number of hydrogen-bond donors (Lipinski definition) is 2. The van der Waals surface area contributed by atoms with Crippen molar-refractivity contribution in [3.63, 3.8) is 0 Å². The molecular weight excluding hydrogens is 350 g/mol. The highest BCUT2D eigenvalue weighted by Gasteiger charge is 2.51. The van der Waals surface area contributed by atoms with Gasteiger partial charge in [0.25, 0.3) is 0 Å². The summed E-state index contributed by atoms with van der Waals surface area (Å²) in [5, 5.41) is 23.6. The van der Waals surface area contributed by atoms with Gasteiger partial charge in [0.1, 0.15) is 12.0 Å². The smallest absolute Gasteiger partial charge is 0.207 e. The first-order valence-corrected chi connectivity index (χ1v) is 10.7. The van der Waals surface area contributed by atoms with Gasteiger partial charge in [-0.2, -0.15) is 10.3 Å². The lowest BCUT2D eigenvalue weighted by atomic mass is 9.75. The van der Waals surface area contributed by atoms with Crippen LogP contribution in [0.25, 0.3) is 0 Å². The first-order chi connectivity index (χ1) is 13.8. The third-order valence-electron chi connectivity index (χ3n) is 6.60. The molecule has 28 heavy (non-hydrogen) atoms. The summed E-state index contributed by atoms with van der Waals surface area (Å²) in [5.74, 6) is 0.697. The van der Waals surface area contributed by atoms with Gasteiger partial charge in [0.05, 0.1) is 23.8 Å². The van der Waals surface area contributed by atoms with E-state index in [1.165, 1.54) is 32.1 Å². The maximum atomic E-state index is 10.6. The monoisotopic (exact) mass is 380 g/mol. The second-order valence-corrected chi connectivity index (χ2v) is 8.26. The predicted octanol–water partition coefficient (Wildman–Crippen LogP) is 2.73. The van der Waals surface area contributed by atoms with Crippen LogP contribution in [0.5, 0.6) is 0 Å². The van der Waals surface area contributed by atoms with Crippen LogP contribution in [0, 0.1) is 23.3 Å². The Labute approximate surface area is 167 Å². The van der Waals surface area contributed by atoms with Crippen LogP contribution in [0.3, 0.4) is 0 Å². The molecule has 4 aliphatic rings. The van der Waals surface area contributed by atoms with Gasteiger partial charge in [0, 0.05) is 12.6 Å². The number of aliphatic hydroxyl groups is 1. The Morgan fingerprint density at radius 3 is 2.75 bits per heavy atom. The summed E-state index contributed by atoms with van der Waals surface area (Å²) < 4.78 is 0. The SMILES string of the molecule is N#CN=C1N(C2CCCCCCC2)CC[CH]C1(CO)C1N=C2C=CC=CC2N1. The van der Waals surface area contributed by atoms with Crippen LogP contribution in [0.15, 0.2) is 34.3 Å². The number of aliphatic imine (C=N–C) groups is 2. The Kier molecular flexibility index (Phi) is 5.93. The fourth-order valence-electron chi connectivity index (χ4n) is 5.12. The number of allylic oxidation sites excluding steroid dienone is 2. The minimum absolute atomic E-state index is 0.0620.